The first-order chi connectivity index (χ1) is 13.3. The predicted molar refractivity (Wildman–Crippen MR) is 116 cm³/mol. The van der Waals surface area contributed by atoms with Crippen molar-refractivity contribution in [2.24, 2.45) is 0 Å². The molecular weight excluding hydrogens is 354 g/mol. The van der Waals surface area contributed by atoms with Crippen LogP contribution in [0.5, 0.6) is 0 Å². The van der Waals surface area contributed by atoms with Crippen molar-refractivity contribution in [1.82, 2.24) is 5.32 Å². The molecule has 0 heterocycles. The highest BCUT2D eigenvalue weighted by Crippen LogP contribution is 2.12. The van der Waals surface area contributed by atoms with E-state index in [-0.39, 0.29) is 6.61 Å². The van der Waals surface area contributed by atoms with Crippen LogP contribution in [-0.4, -0.2) is 40.7 Å². The zero-order valence-electron chi connectivity index (χ0n) is 18.7. The summed E-state index contributed by atoms with van der Waals surface area (Å²) in [7, 11) is 0. The highest BCUT2D eigenvalue weighted by atomic mass is 16.6. The van der Waals surface area contributed by atoms with Crippen molar-refractivity contribution >= 4 is 6.09 Å². The van der Waals surface area contributed by atoms with E-state index in [1.54, 1.807) is 26.8 Å². The van der Waals surface area contributed by atoms with Gasteiger partial charge in [-0.2, -0.15) is 0 Å². The van der Waals surface area contributed by atoms with Crippen LogP contribution in [0.1, 0.15) is 105 Å². The third kappa shape index (κ3) is 17.1. The SMILES string of the molecule is CCCCCCCCCCCCC/C=C/[C@@H](O)[C@@H](CO)NC(=O)OC(C)(C)C. The molecule has 0 saturated heterocycles. The fourth-order valence-electron chi connectivity index (χ4n) is 2.99. The summed E-state index contributed by atoms with van der Waals surface area (Å²) in [5, 5.41) is 22.0. The van der Waals surface area contributed by atoms with Gasteiger partial charge in [0, 0.05) is 0 Å². The third-order valence-corrected chi connectivity index (χ3v) is 4.62. The number of amides is 1. The minimum Gasteiger partial charge on any atom is -0.444 e. The molecule has 0 unspecified atom stereocenters. The molecule has 0 fully saturated rings. The van der Waals surface area contributed by atoms with E-state index in [0.717, 1.165) is 12.8 Å². The van der Waals surface area contributed by atoms with Crippen LogP contribution in [-0.2, 0) is 4.74 Å². The van der Waals surface area contributed by atoms with E-state index in [1.165, 1.54) is 64.2 Å². The number of hydrogen-bond donors (Lipinski definition) is 3. The second kappa shape index (κ2) is 16.8. The average molecular weight is 400 g/mol. The van der Waals surface area contributed by atoms with E-state index < -0.39 is 23.8 Å². The van der Waals surface area contributed by atoms with Gasteiger partial charge in [-0.3, -0.25) is 0 Å². The molecule has 5 nitrogen and oxygen atoms in total. The first-order valence-electron chi connectivity index (χ1n) is 11.2. The molecule has 3 N–H and O–H groups in total. The summed E-state index contributed by atoms with van der Waals surface area (Å²) in [5.74, 6) is 0. The van der Waals surface area contributed by atoms with Crippen molar-refractivity contribution in [1.29, 1.82) is 0 Å². The summed E-state index contributed by atoms with van der Waals surface area (Å²) in [6.07, 6.45) is 17.3. The van der Waals surface area contributed by atoms with Crippen LogP contribution in [0.3, 0.4) is 0 Å². The molecule has 0 aromatic heterocycles. The Kier molecular flexibility index (Phi) is 16.2. The number of rotatable bonds is 16. The summed E-state index contributed by atoms with van der Waals surface area (Å²) in [6, 6.07) is -0.761. The Hall–Kier alpha value is -1.07. The van der Waals surface area contributed by atoms with Gasteiger partial charge in [0.2, 0.25) is 0 Å². The number of nitrogens with one attached hydrogen (secondary N) is 1. The number of hydrogen-bond acceptors (Lipinski definition) is 4. The van der Waals surface area contributed by atoms with E-state index in [2.05, 4.69) is 12.2 Å². The lowest BCUT2D eigenvalue weighted by Gasteiger charge is -2.24. The number of carbonyl (C=O) groups excluding carboxylic acids is 1. The number of aliphatic hydroxyl groups excluding tert-OH is 2. The maximum Gasteiger partial charge on any atom is 0.408 e. The monoisotopic (exact) mass is 399 g/mol. The Balaban J connectivity index is 3.75. The molecule has 0 aliphatic carbocycles. The largest absolute Gasteiger partial charge is 0.444 e. The van der Waals surface area contributed by atoms with Gasteiger partial charge in [0.25, 0.3) is 0 Å². The summed E-state index contributed by atoms with van der Waals surface area (Å²) in [4.78, 5) is 11.7. The Morgan fingerprint density at radius 2 is 1.46 bits per heavy atom. The second-order valence-electron chi connectivity index (χ2n) is 8.68. The zero-order chi connectivity index (χ0) is 21.3. The molecule has 28 heavy (non-hydrogen) atoms. The van der Waals surface area contributed by atoms with Gasteiger partial charge in [-0.15, -0.1) is 0 Å². The van der Waals surface area contributed by atoms with Crippen molar-refractivity contribution in [3.8, 4) is 0 Å². The average Bonchev–Trinajstić information content (AvgIpc) is 2.61. The molecule has 0 bridgehead atoms. The Morgan fingerprint density at radius 1 is 0.964 bits per heavy atom. The lowest BCUT2D eigenvalue weighted by Crippen LogP contribution is -2.47. The van der Waals surface area contributed by atoms with Gasteiger partial charge in [0.1, 0.15) is 5.60 Å². The molecule has 0 aromatic carbocycles. The molecule has 0 aromatic rings. The summed E-state index contributed by atoms with van der Waals surface area (Å²) in [5.41, 5.74) is -0.611. The van der Waals surface area contributed by atoms with Gasteiger partial charge in [0.05, 0.1) is 18.8 Å². The molecule has 166 valence electrons. The fraction of sp³-hybridized carbons (Fsp3) is 0.870. The predicted octanol–water partition coefficient (Wildman–Crippen LogP) is 5.49. The first kappa shape index (κ1) is 26.9. The quantitative estimate of drug-likeness (QED) is 0.237. The molecule has 0 spiro atoms. The highest BCUT2D eigenvalue weighted by Gasteiger charge is 2.22. The van der Waals surface area contributed by atoms with Crippen LogP contribution < -0.4 is 5.32 Å². The zero-order valence-corrected chi connectivity index (χ0v) is 18.7. The lowest BCUT2D eigenvalue weighted by molar-refractivity contribution is 0.0405. The summed E-state index contributed by atoms with van der Waals surface area (Å²) >= 11 is 0. The van der Waals surface area contributed by atoms with Crippen molar-refractivity contribution in [3.05, 3.63) is 12.2 Å². The smallest absolute Gasteiger partial charge is 0.408 e. The highest BCUT2D eigenvalue weighted by molar-refractivity contribution is 5.68. The molecule has 5 heteroatoms. The molecular formula is C23H45NO4. The van der Waals surface area contributed by atoms with Crippen LogP contribution in [0.25, 0.3) is 0 Å². The topological polar surface area (TPSA) is 78.8 Å². The van der Waals surface area contributed by atoms with Gasteiger partial charge >= 0.3 is 6.09 Å². The minimum atomic E-state index is -0.926. The lowest BCUT2D eigenvalue weighted by atomic mass is 10.0. The first-order valence-corrected chi connectivity index (χ1v) is 11.2. The van der Waals surface area contributed by atoms with Crippen molar-refractivity contribution in [2.45, 2.75) is 122 Å². The van der Waals surface area contributed by atoms with Crippen molar-refractivity contribution in [3.63, 3.8) is 0 Å². The van der Waals surface area contributed by atoms with Gasteiger partial charge in [-0.1, -0.05) is 83.3 Å². The van der Waals surface area contributed by atoms with Crippen LogP contribution >= 0.6 is 0 Å². The molecule has 0 aliphatic rings. The number of unbranched alkanes of at least 4 members (excludes halogenated alkanes) is 11. The van der Waals surface area contributed by atoms with E-state index in [0.29, 0.717) is 0 Å². The fourth-order valence-corrected chi connectivity index (χ4v) is 2.99. The van der Waals surface area contributed by atoms with Crippen molar-refractivity contribution in [2.75, 3.05) is 6.61 Å². The van der Waals surface area contributed by atoms with E-state index in [9.17, 15) is 15.0 Å². The van der Waals surface area contributed by atoms with Crippen LogP contribution in [0, 0.1) is 0 Å². The van der Waals surface area contributed by atoms with Crippen LogP contribution in [0.15, 0.2) is 12.2 Å². The normalized spacial score (nSPS) is 14.2. The summed E-state index contributed by atoms with van der Waals surface area (Å²) in [6.45, 7) is 7.21. The number of ether oxygens (including phenoxy) is 1. The molecule has 0 saturated carbocycles. The minimum absolute atomic E-state index is 0.344. The molecule has 0 rings (SSSR count). The molecule has 0 radical (unpaired) electrons. The summed E-state index contributed by atoms with van der Waals surface area (Å²) < 4.78 is 5.15. The van der Waals surface area contributed by atoms with Crippen molar-refractivity contribution < 1.29 is 19.7 Å². The Labute approximate surface area is 172 Å². The van der Waals surface area contributed by atoms with Crippen LogP contribution in [0.2, 0.25) is 0 Å². The molecule has 1 amide bonds. The van der Waals surface area contributed by atoms with Crippen LogP contribution in [0.4, 0.5) is 4.79 Å². The maximum atomic E-state index is 11.7. The van der Waals surface area contributed by atoms with Gasteiger partial charge < -0.3 is 20.3 Å². The molecule has 0 aliphatic heterocycles. The molecule has 2 atom stereocenters. The number of allylic oxidation sites excluding steroid dienone is 1. The standard InChI is InChI=1S/C23H45NO4/c1-5-6-7-8-9-10-11-12-13-14-15-16-17-18-21(26)20(19-25)24-22(27)28-23(2,3)4/h17-18,20-21,25-26H,5-16,19H2,1-4H3,(H,24,27)/b18-17+/t20-,21-/m1/s1. The van der Waals surface area contributed by atoms with E-state index >= 15 is 0 Å². The van der Waals surface area contributed by atoms with Gasteiger partial charge in [-0.05, 0) is 33.6 Å². The number of aliphatic hydroxyl groups is 2. The number of carbonyl (C=O) groups is 1. The Morgan fingerprint density at radius 3 is 1.93 bits per heavy atom. The van der Waals surface area contributed by atoms with Gasteiger partial charge in [0.15, 0.2) is 0 Å². The Bertz CT molecular complexity index is 404. The van der Waals surface area contributed by atoms with E-state index in [4.69, 9.17) is 4.74 Å². The van der Waals surface area contributed by atoms with E-state index in [1.807, 2.05) is 6.08 Å². The second-order valence-corrected chi connectivity index (χ2v) is 8.68. The van der Waals surface area contributed by atoms with Gasteiger partial charge in [-0.25, -0.2) is 4.79 Å². The maximum absolute atomic E-state index is 11.7. The third-order valence-electron chi connectivity index (χ3n) is 4.62. The number of alkyl carbamates (subject to hydrolysis) is 1.